The van der Waals surface area contributed by atoms with Crippen LogP contribution in [0.3, 0.4) is 0 Å². The molecule has 4 heteroatoms. The van der Waals surface area contributed by atoms with E-state index in [-0.39, 0.29) is 12.2 Å². The van der Waals surface area contributed by atoms with Crippen LogP contribution in [0.5, 0.6) is 0 Å². The van der Waals surface area contributed by atoms with E-state index < -0.39 is 0 Å². The monoisotopic (exact) mass is 254 g/mol. The van der Waals surface area contributed by atoms with Crippen molar-refractivity contribution < 1.29 is 5.11 Å². The van der Waals surface area contributed by atoms with E-state index in [9.17, 15) is 4.79 Å². The Morgan fingerprint density at radius 2 is 2.00 bits per heavy atom. The van der Waals surface area contributed by atoms with E-state index in [1.807, 2.05) is 24.3 Å². The highest BCUT2D eigenvalue weighted by atomic mass is 16.2. The molecule has 0 radical (unpaired) electrons. The second kappa shape index (κ2) is 6.53. The summed E-state index contributed by atoms with van der Waals surface area (Å²) < 4.78 is 1.41. The Hall–Kier alpha value is -2.38. The minimum Gasteiger partial charge on any atom is -0.395 e. The third kappa shape index (κ3) is 3.80. The SMILES string of the molecule is O=c1cccnn1Cc1ccc(C#CCCO)cc1. The summed E-state index contributed by atoms with van der Waals surface area (Å²) >= 11 is 0. The molecule has 2 rings (SSSR count). The molecule has 0 aliphatic rings. The second-order valence-electron chi connectivity index (χ2n) is 3.99. The summed E-state index contributed by atoms with van der Waals surface area (Å²) in [6.45, 7) is 0.525. The topological polar surface area (TPSA) is 55.1 Å². The van der Waals surface area contributed by atoms with Gasteiger partial charge in [0.05, 0.1) is 13.2 Å². The first kappa shape index (κ1) is 13.1. The first-order valence-electron chi connectivity index (χ1n) is 6.00. The maximum atomic E-state index is 11.5. The molecule has 0 bridgehead atoms. The van der Waals surface area contributed by atoms with Crippen molar-refractivity contribution in [1.82, 2.24) is 9.78 Å². The molecule has 0 aliphatic carbocycles. The lowest BCUT2D eigenvalue weighted by Gasteiger charge is -2.03. The van der Waals surface area contributed by atoms with Gasteiger partial charge in [0.25, 0.3) is 5.56 Å². The van der Waals surface area contributed by atoms with Gasteiger partial charge in [-0.25, -0.2) is 4.68 Å². The second-order valence-corrected chi connectivity index (χ2v) is 3.99. The standard InChI is InChI=1S/C15H14N2O2/c18-11-2-1-4-13-6-8-14(9-7-13)12-17-15(19)5-3-10-16-17/h3,5-10,18H,2,11-12H2. The zero-order chi connectivity index (χ0) is 13.5. The molecule has 0 saturated carbocycles. The number of benzene rings is 1. The Morgan fingerprint density at radius 3 is 2.68 bits per heavy atom. The molecular formula is C15H14N2O2. The van der Waals surface area contributed by atoms with E-state index in [1.165, 1.54) is 10.7 Å². The summed E-state index contributed by atoms with van der Waals surface area (Å²) in [7, 11) is 0. The Morgan fingerprint density at radius 1 is 1.21 bits per heavy atom. The normalized spacial score (nSPS) is 9.74. The average molecular weight is 254 g/mol. The molecule has 0 aliphatic heterocycles. The van der Waals surface area contributed by atoms with Crippen LogP contribution >= 0.6 is 0 Å². The van der Waals surface area contributed by atoms with Crippen molar-refractivity contribution in [3.63, 3.8) is 0 Å². The van der Waals surface area contributed by atoms with Gasteiger partial charge in [0.1, 0.15) is 0 Å². The predicted molar refractivity (Wildman–Crippen MR) is 72.6 cm³/mol. The Kier molecular flexibility index (Phi) is 4.49. The van der Waals surface area contributed by atoms with Gasteiger partial charge in [-0.1, -0.05) is 24.0 Å². The smallest absolute Gasteiger partial charge is 0.267 e. The number of hydrogen-bond acceptors (Lipinski definition) is 3. The molecule has 0 spiro atoms. The molecule has 1 N–H and O–H groups in total. The summed E-state index contributed by atoms with van der Waals surface area (Å²) in [5.74, 6) is 5.82. The zero-order valence-electron chi connectivity index (χ0n) is 10.4. The van der Waals surface area contributed by atoms with E-state index in [0.29, 0.717) is 13.0 Å². The molecule has 4 nitrogen and oxygen atoms in total. The fourth-order valence-electron chi connectivity index (χ4n) is 1.59. The first-order chi connectivity index (χ1) is 9.29. The van der Waals surface area contributed by atoms with Crippen molar-refractivity contribution in [2.75, 3.05) is 6.61 Å². The summed E-state index contributed by atoms with van der Waals surface area (Å²) in [4.78, 5) is 11.5. The molecule has 96 valence electrons. The number of aliphatic hydroxyl groups excluding tert-OH is 1. The molecule has 0 unspecified atom stereocenters. The number of aliphatic hydroxyl groups is 1. The van der Waals surface area contributed by atoms with Gasteiger partial charge in [0.15, 0.2) is 0 Å². The fraction of sp³-hybridized carbons (Fsp3) is 0.200. The van der Waals surface area contributed by atoms with E-state index >= 15 is 0 Å². The zero-order valence-corrected chi connectivity index (χ0v) is 10.4. The quantitative estimate of drug-likeness (QED) is 0.832. The van der Waals surface area contributed by atoms with Gasteiger partial charge in [-0.2, -0.15) is 5.10 Å². The van der Waals surface area contributed by atoms with Crippen molar-refractivity contribution >= 4 is 0 Å². The van der Waals surface area contributed by atoms with E-state index in [2.05, 4.69) is 16.9 Å². The molecule has 2 aromatic rings. The highest BCUT2D eigenvalue weighted by molar-refractivity contribution is 5.36. The Balaban J connectivity index is 2.10. The third-order valence-electron chi connectivity index (χ3n) is 2.54. The largest absolute Gasteiger partial charge is 0.395 e. The van der Waals surface area contributed by atoms with Crippen LogP contribution in [0.4, 0.5) is 0 Å². The van der Waals surface area contributed by atoms with Crippen LogP contribution in [-0.4, -0.2) is 21.5 Å². The maximum absolute atomic E-state index is 11.5. The summed E-state index contributed by atoms with van der Waals surface area (Å²) in [6, 6.07) is 10.7. The van der Waals surface area contributed by atoms with Crippen LogP contribution < -0.4 is 5.56 Å². The Labute approximate surface area is 111 Å². The fourth-order valence-corrected chi connectivity index (χ4v) is 1.59. The van der Waals surface area contributed by atoms with Gasteiger partial charge in [-0.3, -0.25) is 4.79 Å². The van der Waals surface area contributed by atoms with Gasteiger partial charge in [0, 0.05) is 24.2 Å². The predicted octanol–water partition coefficient (Wildman–Crippen LogP) is 1.03. The maximum Gasteiger partial charge on any atom is 0.267 e. The van der Waals surface area contributed by atoms with Crippen LogP contribution in [0, 0.1) is 11.8 Å². The highest BCUT2D eigenvalue weighted by Gasteiger charge is 1.98. The van der Waals surface area contributed by atoms with Crippen molar-refractivity contribution in [1.29, 1.82) is 0 Å². The molecule has 0 amide bonds. The van der Waals surface area contributed by atoms with Crippen LogP contribution in [0.25, 0.3) is 0 Å². The molecule has 1 aromatic heterocycles. The molecule has 0 atom stereocenters. The van der Waals surface area contributed by atoms with Crippen LogP contribution in [-0.2, 0) is 6.54 Å². The minimum atomic E-state index is -0.116. The van der Waals surface area contributed by atoms with E-state index in [4.69, 9.17) is 5.11 Å². The van der Waals surface area contributed by atoms with Crippen LogP contribution in [0.1, 0.15) is 17.5 Å². The number of hydrogen-bond donors (Lipinski definition) is 1. The molecular weight excluding hydrogens is 240 g/mol. The van der Waals surface area contributed by atoms with Crippen molar-refractivity contribution in [2.24, 2.45) is 0 Å². The third-order valence-corrected chi connectivity index (χ3v) is 2.54. The van der Waals surface area contributed by atoms with Gasteiger partial charge in [-0.05, 0) is 23.8 Å². The highest BCUT2D eigenvalue weighted by Crippen LogP contribution is 2.04. The molecule has 19 heavy (non-hydrogen) atoms. The number of nitrogens with zero attached hydrogens (tertiary/aromatic N) is 2. The molecule has 1 heterocycles. The van der Waals surface area contributed by atoms with Crippen molar-refractivity contribution in [3.8, 4) is 11.8 Å². The lowest BCUT2D eigenvalue weighted by Crippen LogP contribution is -2.21. The van der Waals surface area contributed by atoms with Gasteiger partial charge in [-0.15, -0.1) is 0 Å². The molecule has 1 aromatic carbocycles. The van der Waals surface area contributed by atoms with Crippen LogP contribution in [0.2, 0.25) is 0 Å². The lowest BCUT2D eigenvalue weighted by atomic mass is 10.1. The average Bonchev–Trinajstić information content (AvgIpc) is 2.44. The minimum absolute atomic E-state index is 0.0771. The summed E-state index contributed by atoms with van der Waals surface area (Å²) in [6.07, 6.45) is 2.07. The van der Waals surface area contributed by atoms with Crippen LogP contribution in [0.15, 0.2) is 47.4 Å². The summed E-state index contributed by atoms with van der Waals surface area (Å²) in [5, 5.41) is 12.6. The molecule has 0 fully saturated rings. The van der Waals surface area contributed by atoms with Gasteiger partial charge >= 0.3 is 0 Å². The Bertz CT molecular complexity index is 648. The molecule has 0 saturated heterocycles. The lowest BCUT2D eigenvalue weighted by molar-refractivity contribution is 0.305. The number of aromatic nitrogens is 2. The summed E-state index contributed by atoms with van der Waals surface area (Å²) in [5.41, 5.74) is 1.77. The van der Waals surface area contributed by atoms with E-state index in [1.54, 1.807) is 12.3 Å². The van der Waals surface area contributed by atoms with Gasteiger partial charge in [0.2, 0.25) is 0 Å². The van der Waals surface area contributed by atoms with Crippen molar-refractivity contribution in [3.05, 3.63) is 64.1 Å². The van der Waals surface area contributed by atoms with Gasteiger partial charge < -0.3 is 5.11 Å². The number of rotatable bonds is 3. The van der Waals surface area contributed by atoms with Crippen molar-refractivity contribution in [2.45, 2.75) is 13.0 Å². The van der Waals surface area contributed by atoms with E-state index in [0.717, 1.165) is 11.1 Å². The first-order valence-corrected chi connectivity index (χ1v) is 6.00.